The third-order valence-corrected chi connectivity index (χ3v) is 6.82. The minimum atomic E-state index is -4.47. The van der Waals surface area contributed by atoms with Gasteiger partial charge in [-0.15, -0.1) is 0 Å². The number of nitrogens with zero attached hydrogens (tertiary/aromatic N) is 2. The number of benzene rings is 3. The number of ether oxygens (including phenoxy) is 1. The van der Waals surface area contributed by atoms with Gasteiger partial charge in [0.2, 0.25) is 11.8 Å². The van der Waals surface area contributed by atoms with E-state index in [1.807, 2.05) is 37.3 Å². The molecule has 0 radical (unpaired) electrons. The highest BCUT2D eigenvalue weighted by atomic mass is 32.2. The molecule has 1 aliphatic rings. The van der Waals surface area contributed by atoms with Crippen LogP contribution in [0, 0.1) is 0 Å². The fraction of sp³-hybridized carbons (Fsp3) is 0.250. The van der Waals surface area contributed by atoms with Crippen molar-refractivity contribution >= 4 is 40.1 Å². The Morgan fingerprint density at radius 2 is 1.74 bits per heavy atom. The highest BCUT2D eigenvalue weighted by molar-refractivity contribution is 8.15. The summed E-state index contributed by atoms with van der Waals surface area (Å²) in [4.78, 5) is 32.2. The van der Waals surface area contributed by atoms with E-state index in [-0.39, 0.29) is 35.6 Å². The Kier molecular flexibility index (Phi) is 8.73. The van der Waals surface area contributed by atoms with Gasteiger partial charge in [-0.25, -0.2) is 4.99 Å². The number of carbonyl (C=O) groups is 2. The normalized spacial score (nSPS) is 16.9. The summed E-state index contributed by atoms with van der Waals surface area (Å²) in [7, 11) is 0. The van der Waals surface area contributed by atoms with Crippen LogP contribution < -0.4 is 10.1 Å². The average Bonchev–Trinajstić information content (AvgIpc) is 2.90. The second kappa shape index (κ2) is 12.2. The Morgan fingerprint density at radius 1 is 1.05 bits per heavy atom. The number of hydrogen-bond donors (Lipinski definition) is 1. The highest BCUT2D eigenvalue weighted by Crippen LogP contribution is 2.33. The van der Waals surface area contributed by atoms with E-state index >= 15 is 0 Å². The van der Waals surface area contributed by atoms with E-state index in [0.717, 1.165) is 35.9 Å². The van der Waals surface area contributed by atoms with Crippen LogP contribution in [0.2, 0.25) is 0 Å². The summed E-state index contributed by atoms with van der Waals surface area (Å²) >= 11 is 1.10. The first-order valence-corrected chi connectivity index (χ1v) is 12.9. The molecule has 0 unspecified atom stereocenters. The lowest BCUT2D eigenvalue weighted by atomic mass is 10.2. The maximum absolute atomic E-state index is 13.2. The van der Waals surface area contributed by atoms with Gasteiger partial charge in [0.05, 0.1) is 24.4 Å². The number of aliphatic imine (C=N–C) groups is 1. The van der Waals surface area contributed by atoms with E-state index in [1.165, 1.54) is 17.0 Å². The Hall–Kier alpha value is -3.79. The number of amidine groups is 1. The summed E-state index contributed by atoms with van der Waals surface area (Å²) in [6, 6.07) is 20.6. The summed E-state index contributed by atoms with van der Waals surface area (Å²) in [6.45, 7) is 2.82. The average molecular weight is 542 g/mol. The second-order valence-electron chi connectivity index (χ2n) is 8.58. The number of nitrogens with one attached hydrogen (secondary N) is 1. The molecule has 3 aromatic carbocycles. The monoisotopic (exact) mass is 541 g/mol. The fourth-order valence-corrected chi connectivity index (χ4v) is 4.77. The van der Waals surface area contributed by atoms with Gasteiger partial charge < -0.3 is 10.1 Å². The number of alkyl halides is 3. The first-order chi connectivity index (χ1) is 18.2. The quantitative estimate of drug-likeness (QED) is 0.347. The van der Waals surface area contributed by atoms with Gasteiger partial charge in [-0.05, 0) is 60.5 Å². The predicted octanol–water partition coefficient (Wildman–Crippen LogP) is 6.65. The molecule has 1 aliphatic heterocycles. The van der Waals surface area contributed by atoms with Crippen LogP contribution >= 0.6 is 11.8 Å². The van der Waals surface area contributed by atoms with E-state index in [0.29, 0.717) is 18.0 Å². The van der Waals surface area contributed by atoms with Gasteiger partial charge in [-0.2, -0.15) is 13.2 Å². The standard InChI is InChI=1S/C28H26F3N3O3S/c1-2-16-37-23-14-12-21(13-15-23)32-26(36)24-17-25(35)34(18-19-6-4-3-5-7-19)27(38-24)33-22-10-8-20(9-11-22)28(29,30)31/h3-15,24H,2,16-18H2,1H3,(H,32,36)/t24-/m0/s1. The number of thioether (sulfide) groups is 1. The topological polar surface area (TPSA) is 71.0 Å². The van der Waals surface area contributed by atoms with Crippen molar-refractivity contribution in [3.05, 3.63) is 90.0 Å². The molecule has 38 heavy (non-hydrogen) atoms. The highest BCUT2D eigenvalue weighted by Gasteiger charge is 2.36. The molecule has 10 heteroatoms. The number of amides is 2. The third-order valence-electron chi connectivity index (χ3n) is 5.63. The molecule has 0 aromatic heterocycles. The smallest absolute Gasteiger partial charge is 0.416 e. The molecular formula is C28H26F3N3O3S. The largest absolute Gasteiger partial charge is 0.494 e. The van der Waals surface area contributed by atoms with E-state index < -0.39 is 17.0 Å². The summed E-state index contributed by atoms with van der Waals surface area (Å²) in [5.41, 5.74) is 0.864. The van der Waals surface area contributed by atoms with Crippen molar-refractivity contribution in [2.75, 3.05) is 11.9 Å². The maximum Gasteiger partial charge on any atom is 0.416 e. The molecule has 1 heterocycles. The Morgan fingerprint density at radius 3 is 2.37 bits per heavy atom. The van der Waals surface area contributed by atoms with Gasteiger partial charge in [-0.1, -0.05) is 49.0 Å². The molecule has 1 atom stereocenters. The van der Waals surface area contributed by atoms with Crippen LogP contribution in [0.4, 0.5) is 24.5 Å². The molecule has 1 saturated heterocycles. The fourth-order valence-electron chi connectivity index (χ4n) is 3.68. The zero-order valence-corrected chi connectivity index (χ0v) is 21.4. The van der Waals surface area contributed by atoms with Crippen LogP contribution in [-0.4, -0.2) is 33.7 Å². The molecule has 1 fully saturated rings. The molecule has 2 amide bonds. The summed E-state index contributed by atoms with van der Waals surface area (Å²) in [5.74, 6) is 0.0152. The molecular weight excluding hydrogens is 515 g/mol. The summed E-state index contributed by atoms with van der Waals surface area (Å²) in [6.07, 6.45) is -3.64. The van der Waals surface area contributed by atoms with Crippen molar-refractivity contribution in [3.63, 3.8) is 0 Å². The van der Waals surface area contributed by atoms with E-state index in [2.05, 4.69) is 10.3 Å². The zero-order chi connectivity index (χ0) is 27.1. The van der Waals surface area contributed by atoms with Crippen molar-refractivity contribution in [1.29, 1.82) is 0 Å². The lowest BCUT2D eigenvalue weighted by Gasteiger charge is -2.32. The van der Waals surface area contributed by atoms with Crippen molar-refractivity contribution in [3.8, 4) is 5.75 Å². The lowest BCUT2D eigenvalue weighted by molar-refractivity contribution is -0.137. The van der Waals surface area contributed by atoms with Gasteiger partial charge in [-0.3, -0.25) is 14.5 Å². The number of anilines is 1. The maximum atomic E-state index is 13.2. The Bertz CT molecular complexity index is 1280. The van der Waals surface area contributed by atoms with Crippen molar-refractivity contribution < 1.29 is 27.5 Å². The molecule has 3 aromatic rings. The first kappa shape index (κ1) is 27.3. The van der Waals surface area contributed by atoms with Gasteiger partial charge in [0.25, 0.3) is 0 Å². The molecule has 198 valence electrons. The predicted molar refractivity (Wildman–Crippen MR) is 142 cm³/mol. The molecule has 0 aliphatic carbocycles. The van der Waals surface area contributed by atoms with Gasteiger partial charge >= 0.3 is 6.18 Å². The van der Waals surface area contributed by atoms with Crippen LogP contribution in [0.5, 0.6) is 5.75 Å². The van der Waals surface area contributed by atoms with E-state index in [4.69, 9.17) is 4.74 Å². The first-order valence-electron chi connectivity index (χ1n) is 12.0. The van der Waals surface area contributed by atoms with Crippen LogP contribution in [0.3, 0.4) is 0 Å². The summed E-state index contributed by atoms with van der Waals surface area (Å²) < 4.78 is 44.5. The van der Waals surface area contributed by atoms with Gasteiger partial charge in [0.15, 0.2) is 5.17 Å². The number of hydrogen-bond acceptors (Lipinski definition) is 5. The molecule has 6 nitrogen and oxygen atoms in total. The van der Waals surface area contributed by atoms with Gasteiger partial charge in [0.1, 0.15) is 11.0 Å². The molecule has 4 rings (SSSR count). The van der Waals surface area contributed by atoms with Gasteiger partial charge in [0, 0.05) is 12.1 Å². The molecule has 0 bridgehead atoms. The number of carbonyl (C=O) groups excluding carboxylic acids is 2. The Balaban J connectivity index is 1.55. The van der Waals surface area contributed by atoms with Crippen LogP contribution in [0.1, 0.15) is 30.9 Å². The third kappa shape index (κ3) is 7.16. The number of halogens is 3. The minimum Gasteiger partial charge on any atom is -0.494 e. The van der Waals surface area contributed by atoms with Crippen LogP contribution in [-0.2, 0) is 22.3 Å². The number of rotatable bonds is 8. The SMILES string of the molecule is CCCOc1ccc(NC(=O)[C@@H]2CC(=O)N(Cc3ccccc3)C(=Nc3ccc(C(F)(F)F)cc3)S2)cc1. The lowest BCUT2D eigenvalue weighted by Crippen LogP contribution is -2.44. The van der Waals surface area contributed by atoms with Crippen LogP contribution in [0.25, 0.3) is 0 Å². The zero-order valence-electron chi connectivity index (χ0n) is 20.6. The molecule has 0 saturated carbocycles. The van der Waals surface area contributed by atoms with E-state index in [9.17, 15) is 22.8 Å². The second-order valence-corrected chi connectivity index (χ2v) is 9.75. The van der Waals surface area contributed by atoms with Crippen molar-refractivity contribution in [1.82, 2.24) is 4.90 Å². The molecule has 1 N–H and O–H groups in total. The van der Waals surface area contributed by atoms with E-state index in [1.54, 1.807) is 24.3 Å². The minimum absolute atomic E-state index is 0.0486. The van der Waals surface area contributed by atoms with Crippen molar-refractivity contribution in [2.45, 2.75) is 37.7 Å². The van der Waals surface area contributed by atoms with Crippen LogP contribution in [0.15, 0.2) is 83.9 Å². The Labute approximate surface area is 222 Å². The molecule has 0 spiro atoms. The summed E-state index contributed by atoms with van der Waals surface area (Å²) in [5, 5.41) is 2.30. The van der Waals surface area contributed by atoms with Crippen molar-refractivity contribution in [2.24, 2.45) is 4.99 Å².